The minimum absolute atomic E-state index is 0.0481. The molecular weight excluding hydrogens is 268 g/mol. The zero-order valence-corrected chi connectivity index (χ0v) is 11.4. The Kier molecular flexibility index (Phi) is 2.52. The molecule has 0 saturated carbocycles. The summed E-state index contributed by atoms with van der Waals surface area (Å²) in [6.07, 6.45) is 7.32. The van der Waals surface area contributed by atoms with Crippen LogP contribution in [0.5, 0.6) is 0 Å². The Balaban J connectivity index is 2.12. The molecule has 98 valence electrons. The monoisotopic (exact) mass is 279 g/mol. The van der Waals surface area contributed by atoms with Crippen molar-refractivity contribution >= 4 is 32.2 Å². The SMILES string of the molecule is O=C1c2c(ccc3ccccc23)S([O-])=C2C=CC=CC12. The van der Waals surface area contributed by atoms with E-state index in [2.05, 4.69) is 0 Å². The number of allylic oxidation sites excluding steroid dienone is 4. The van der Waals surface area contributed by atoms with Crippen LogP contribution in [0, 0.1) is 5.92 Å². The molecule has 1 aliphatic carbocycles. The van der Waals surface area contributed by atoms with Gasteiger partial charge < -0.3 is 4.55 Å². The van der Waals surface area contributed by atoms with Crippen LogP contribution in [0.25, 0.3) is 10.8 Å². The third-order valence-electron chi connectivity index (χ3n) is 3.82. The average Bonchev–Trinajstić information content (AvgIpc) is 2.51. The summed E-state index contributed by atoms with van der Waals surface area (Å²) >= 11 is 0. The van der Waals surface area contributed by atoms with E-state index in [1.807, 2.05) is 54.6 Å². The molecule has 2 unspecified atom stereocenters. The molecule has 0 saturated heterocycles. The van der Waals surface area contributed by atoms with Gasteiger partial charge in [-0.25, -0.2) is 10.8 Å². The summed E-state index contributed by atoms with van der Waals surface area (Å²) in [5, 5.41) is 1.90. The number of Topliss-reactive ketones (excluding diaryl/α,β-unsaturated/α-hetero) is 1. The molecule has 2 aromatic rings. The van der Waals surface area contributed by atoms with Gasteiger partial charge in [0, 0.05) is 5.56 Å². The van der Waals surface area contributed by atoms with E-state index >= 15 is 0 Å². The van der Waals surface area contributed by atoms with E-state index < -0.39 is 10.8 Å². The number of benzene rings is 2. The summed E-state index contributed by atoms with van der Waals surface area (Å²) in [4.78, 5) is 14.1. The molecule has 2 nitrogen and oxygen atoms in total. The van der Waals surface area contributed by atoms with Gasteiger partial charge in [0.15, 0.2) is 5.78 Å². The number of hydrogen-bond acceptors (Lipinski definition) is 2. The van der Waals surface area contributed by atoms with Crippen LogP contribution >= 0.6 is 10.8 Å². The van der Waals surface area contributed by atoms with Crippen molar-refractivity contribution in [2.45, 2.75) is 4.90 Å². The lowest BCUT2D eigenvalue weighted by atomic mass is 9.88. The van der Waals surface area contributed by atoms with E-state index in [1.165, 1.54) is 0 Å². The number of carbonyl (C=O) groups excluding carboxylic acids is 1. The molecule has 0 fully saturated rings. The van der Waals surface area contributed by atoms with Gasteiger partial charge in [0.2, 0.25) is 0 Å². The van der Waals surface area contributed by atoms with Gasteiger partial charge in [0.1, 0.15) is 0 Å². The first-order valence-electron chi connectivity index (χ1n) is 6.47. The first-order valence-corrected chi connectivity index (χ1v) is 7.62. The number of carbonyl (C=O) groups is 1. The van der Waals surface area contributed by atoms with Crippen molar-refractivity contribution in [3.63, 3.8) is 0 Å². The first-order chi connectivity index (χ1) is 9.77. The predicted octanol–water partition coefficient (Wildman–Crippen LogP) is 3.71. The quantitative estimate of drug-likeness (QED) is 0.690. The summed E-state index contributed by atoms with van der Waals surface area (Å²) in [6, 6.07) is 11.5. The van der Waals surface area contributed by atoms with Crippen molar-refractivity contribution in [3.8, 4) is 0 Å². The summed E-state index contributed by atoms with van der Waals surface area (Å²) < 4.78 is 12.7. The molecule has 1 heterocycles. The van der Waals surface area contributed by atoms with Gasteiger partial charge in [0.25, 0.3) is 0 Å². The minimum atomic E-state index is -1.25. The van der Waals surface area contributed by atoms with Gasteiger partial charge in [-0.05, 0) is 26.6 Å². The van der Waals surface area contributed by atoms with Crippen LogP contribution in [-0.2, 0) is 0 Å². The van der Waals surface area contributed by atoms with Crippen molar-refractivity contribution < 1.29 is 9.35 Å². The van der Waals surface area contributed by atoms with Crippen molar-refractivity contribution in [1.29, 1.82) is 0 Å². The molecule has 0 N–H and O–H groups in total. The maximum Gasteiger partial charge on any atom is 0.176 e. The smallest absolute Gasteiger partial charge is 0.176 e. The van der Waals surface area contributed by atoms with E-state index in [4.69, 9.17) is 0 Å². The standard InChI is InChI=1S/C17H11O2S/c18-17-13-7-3-4-8-14(13)20(19)15-10-9-11-5-1-2-6-12(11)16(15)17/h1-10,13H/q-1. The van der Waals surface area contributed by atoms with Crippen LogP contribution in [-0.4, -0.2) is 15.2 Å². The van der Waals surface area contributed by atoms with E-state index in [0.717, 1.165) is 10.8 Å². The molecule has 2 aliphatic rings. The van der Waals surface area contributed by atoms with E-state index in [9.17, 15) is 9.35 Å². The lowest BCUT2D eigenvalue weighted by molar-refractivity contribution is 0.0971. The summed E-state index contributed by atoms with van der Waals surface area (Å²) in [5.74, 6) is -0.328. The van der Waals surface area contributed by atoms with Crippen LogP contribution < -0.4 is 0 Å². The lowest BCUT2D eigenvalue weighted by Gasteiger charge is -2.32. The molecule has 0 amide bonds. The van der Waals surface area contributed by atoms with Crippen LogP contribution in [0.1, 0.15) is 10.4 Å². The second kappa shape index (κ2) is 4.27. The maximum atomic E-state index is 12.8. The second-order valence-electron chi connectivity index (χ2n) is 4.92. The largest absolute Gasteiger partial charge is 0.799 e. The highest BCUT2D eigenvalue weighted by atomic mass is 32.2. The zero-order valence-electron chi connectivity index (χ0n) is 10.6. The minimum Gasteiger partial charge on any atom is -0.799 e. The Hall–Kier alpha value is -1.97. The van der Waals surface area contributed by atoms with Gasteiger partial charge >= 0.3 is 0 Å². The lowest BCUT2D eigenvalue weighted by Crippen LogP contribution is -2.27. The van der Waals surface area contributed by atoms with E-state index in [0.29, 0.717) is 15.3 Å². The fourth-order valence-corrected chi connectivity index (χ4v) is 4.32. The Morgan fingerprint density at radius 2 is 1.90 bits per heavy atom. The molecule has 2 atom stereocenters. The Morgan fingerprint density at radius 1 is 1.05 bits per heavy atom. The highest BCUT2D eigenvalue weighted by molar-refractivity contribution is 8.11. The fraction of sp³-hybridized carbons (Fsp3) is 0.0588. The number of rotatable bonds is 0. The second-order valence-corrected chi connectivity index (χ2v) is 6.37. The van der Waals surface area contributed by atoms with Crippen LogP contribution in [0.2, 0.25) is 0 Å². The molecule has 4 rings (SSSR count). The van der Waals surface area contributed by atoms with Gasteiger partial charge in [-0.1, -0.05) is 54.6 Å². The fourth-order valence-electron chi connectivity index (χ4n) is 2.86. The third kappa shape index (κ3) is 1.51. The molecule has 3 heteroatoms. The van der Waals surface area contributed by atoms with Gasteiger partial charge in [-0.3, -0.25) is 4.79 Å². The Labute approximate surface area is 119 Å². The van der Waals surface area contributed by atoms with Crippen molar-refractivity contribution in [2.24, 2.45) is 5.92 Å². The highest BCUT2D eigenvalue weighted by Crippen LogP contribution is 2.41. The molecule has 0 radical (unpaired) electrons. The molecule has 0 bridgehead atoms. The summed E-state index contributed by atoms with van der Waals surface area (Å²) in [6.45, 7) is 0. The molecule has 0 aromatic heterocycles. The van der Waals surface area contributed by atoms with E-state index in [1.54, 1.807) is 6.08 Å². The Bertz CT molecular complexity index is 843. The molecule has 20 heavy (non-hydrogen) atoms. The maximum absolute atomic E-state index is 12.8. The topological polar surface area (TPSA) is 40.1 Å². The molecule has 0 spiro atoms. The molecule has 2 aromatic carbocycles. The normalized spacial score (nSPS) is 23.9. The number of fused-ring (bicyclic) bond motifs is 4. The number of ketones is 1. The van der Waals surface area contributed by atoms with Crippen LogP contribution in [0.3, 0.4) is 0 Å². The first kappa shape index (κ1) is 11.8. The van der Waals surface area contributed by atoms with Crippen LogP contribution in [0.15, 0.2) is 65.6 Å². The average molecular weight is 279 g/mol. The zero-order chi connectivity index (χ0) is 13.7. The van der Waals surface area contributed by atoms with E-state index in [-0.39, 0.29) is 11.7 Å². The number of hydrogen-bond donors (Lipinski definition) is 0. The van der Waals surface area contributed by atoms with Crippen molar-refractivity contribution in [1.82, 2.24) is 0 Å². The predicted molar refractivity (Wildman–Crippen MR) is 81.7 cm³/mol. The summed E-state index contributed by atoms with van der Waals surface area (Å²) in [7, 11) is -1.25. The van der Waals surface area contributed by atoms with Crippen LogP contribution in [0.4, 0.5) is 0 Å². The molecule has 1 aliphatic heterocycles. The third-order valence-corrected chi connectivity index (χ3v) is 5.37. The van der Waals surface area contributed by atoms with Gasteiger partial charge in [-0.15, -0.1) is 0 Å². The van der Waals surface area contributed by atoms with Gasteiger partial charge in [0.05, 0.1) is 5.92 Å². The summed E-state index contributed by atoms with van der Waals surface area (Å²) in [5.41, 5.74) is 0.620. The van der Waals surface area contributed by atoms with Gasteiger partial charge in [-0.2, -0.15) is 0 Å². The van der Waals surface area contributed by atoms with Crippen molar-refractivity contribution in [2.75, 3.05) is 0 Å². The molecular formula is C17H11O2S-. The highest BCUT2D eigenvalue weighted by Gasteiger charge is 2.30. The van der Waals surface area contributed by atoms with Crippen molar-refractivity contribution in [3.05, 3.63) is 66.3 Å². The Morgan fingerprint density at radius 3 is 2.80 bits per heavy atom.